The lowest BCUT2D eigenvalue weighted by molar-refractivity contribution is 0.0870. The predicted molar refractivity (Wildman–Crippen MR) is 51.0 cm³/mol. The van der Waals surface area contributed by atoms with Gasteiger partial charge in [-0.3, -0.25) is 9.89 Å². The molecule has 0 saturated carbocycles. The van der Waals surface area contributed by atoms with Crippen LogP contribution in [0.15, 0.2) is 30.6 Å². The Kier molecular flexibility index (Phi) is 2.72. The summed E-state index contributed by atoms with van der Waals surface area (Å²) in [5, 5.41) is 5.71. The van der Waals surface area contributed by atoms with Gasteiger partial charge in [-0.15, -0.1) is 0 Å². The van der Waals surface area contributed by atoms with Crippen molar-refractivity contribution in [3.63, 3.8) is 0 Å². The monoisotopic (exact) mass is 223 g/mol. The summed E-state index contributed by atoms with van der Waals surface area (Å²) in [6, 6.07) is 4.64. The molecule has 0 bridgehead atoms. The van der Waals surface area contributed by atoms with Gasteiger partial charge in [0, 0.05) is 5.56 Å². The lowest BCUT2D eigenvalue weighted by Gasteiger charge is -2.03. The fourth-order valence-electron chi connectivity index (χ4n) is 1.22. The van der Waals surface area contributed by atoms with Crippen LogP contribution < -0.4 is 0 Å². The fraction of sp³-hybridized carbons (Fsp3) is 0.100. The summed E-state index contributed by atoms with van der Waals surface area (Å²) in [5.74, 6) is -1.42. The first-order chi connectivity index (χ1) is 7.68. The lowest BCUT2D eigenvalue weighted by atomic mass is 10.1. The Bertz CT molecular complexity index is 481. The number of nitrogens with zero attached hydrogens (tertiary/aromatic N) is 2. The van der Waals surface area contributed by atoms with Crippen LogP contribution in [-0.4, -0.2) is 21.0 Å². The SMILES string of the molecule is O=C(c1ccc(F)cc1)C(F)c1ncn[nH]1. The highest BCUT2D eigenvalue weighted by Crippen LogP contribution is 2.18. The summed E-state index contributed by atoms with van der Waals surface area (Å²) in [7, 11) is 0. The van der Waals surface area contributed by atoms with Crippen LogP contribution in [0.1, 0.15) is 22.4 Å². The number of ketones is 1. The van der Waals surface area contributed by atoms with Crippen LogP contribution in [0.2, 0.25) is 0 Å². The Balaban J connectivity index is 2.22. The number of aromatic nitrogens is 3. The molecule has 2 rings (SSSR count). The van der Waals surface area contributed by atoms with Crippen molar-refractivity contribution in [1.29, 1.82) is 0 Å². The number of Topliss-reactive ketones (excluding diaryl/α,β-unsaturated/α-hetero) is 1. The second-order valence-electron chi connectivity index (χ2n) is 3.10. The van der Waals surface area contributed by atoms with Crippen molar-refractivity contribution in [2.75, 3.05) is 0 Å². The van der Waals surface area contributed by atoms with E-state index in [0.717, 1.165) is 18.5 Å². The van der Waals surface area contributed by atoms with Crippen molar-refractivity contribution in [3.8, 4) is 0 Å². The van der Waals surface area contributed by atoms with Crippen LogP contribution in [0.5, 0.6) is 0 Å². The van der Waals surface area contributed by atoms with Gasteiger partial charge in [0.05, 0.1) is 0 Å². The molecule has 6 heteroatoms. The third kappa shape index (κ3) is 1.95. The number of carbonyl (C=O) groups excluding carboxylic acids is 1. The molecular formula is C10H7F2N3O. The van der Waals surface area contributed by atoms with E-state index in [9.17, 15) is 13.6 Å². The van der Waals surface area contributed by atoms with Gasteiger partial charge in [-0.2, -0.15) is 5.10 Å². The van der Waals surface area contributed by atoms with Crippen molar-refractivity contribution in [2.24, 2.45) is 0 Å². The predicted octanol–water partition coefficient (Wildman–Crippen LogP) is 1.84. The molecule has 1 N–H and O–H groups in total. The van der Waals surface area contributed by atoms with Crippen molar-refractivity contribution in [3.05, 3.63) is 47.8 Å². The minimum absolute atomic E-state index is 0.0882. The van der Waals surface area contributed by atoms with Gasteiger partial charge in [-0.05, 0) is 24.3 Å². The molecular weight excluding hydrogens is 216 g/mol. The highest BCUT2D eigenvalue weighted by atomic mass is 19.1. The quantitative estimate of drug-likeness (QED) is 0.807. The molecule has 1 heterocycles. The number of hydrogen-bond donors (Lipinski definition) is 1. The topological polar surface area (TPSA) is 58.6 Å². The average Bonchev–Trinajstić information content (AvgIpc) is 2.81. The normalized spacial score (nSPS) is 12.4. The van der Waals surface area contributed by atoms with Crippen LogP contribution in [0.4, 0.5) is 8.78 Å². The molecule has 0 aliphatic heterocycles. The van der Waals surface area contributed by atoms with Crippen LogP contribution in [0.25, 0.3) is 0 Å². The molecule has 0 amide bonds. The summed E-state index contributed by atoms with van der Waals surface area (Å²) >= 11 is 0. The maximum absolute atomic E-state index is 13.6. The number of rotatable bonds is 3. The van der Waals surface area contributed by atoms with E-state index in [-0.39, 0.29) is 11.4 Å². The minimum Gasteiger partial charge on any atom is -0.290 e. The Morgan fingerprint density at radius 3 is 2.56 bits per heavy atom. The van der Waals surface area contributed by atoms with Gasteiger partial charge in [0.1, 0.15) is 12.1 Å². The summed E-state index contributed by atoms with van der Waals surface area (Å²) in [5.41, 5.74) is 0.0882. The van der Waals surface area contributed by atoms with Crippen LogP contribution in [0, 0.1) is 5.82 Å². The Labute approximate surface area is 89.3 Å². The fourth-order valence-corrected chi connectivity index (χ4v) is 1.22. The van der Waals surface area contributed by atoms with Crippen molar-refractivity contribution >= 4 is 5.78 Å². The largest absolute Gasteiger partial charge is 0.290 e. The van der Waals surface area contributed by atoms with Gasteiger partial charge < -0.3 is 0 Å². The Morgan fingerprint density at radius 2 is 2.00 bits per heavy atom. The van der Waals surface area contributed by atoms with E-state index in [1.807, 2.05) is 0 Å². The molecule has 2 aromatic rings. The van der Waals surface area contributed by atoms with E-state index in [1.54, 1.807) is 0 Å². The number of benzene rings is 1. The van der Waals surface area contributed by atoms with E-state index in [1.165, 1.54) is 12.1 Å². The zero-order valence-electron chi connectivity index (χ0n) is 8.02. The first-order valence-electron chi connectivity index (χ1n) is 4.47. The molecule has 1 atom stereocenters. The van der Waals surface area contributed by atoms with Crippen LogP contribution in [0.3, 0.4) is 0 Å². The van der Waals surface area contributed by atoms with Gasteiger partial charge in [0.25, 0.3) is 0 Å². The van der Waals surface area contributed by atoms with E-state index in [0.29, 0.717) is 0 Å². The number of alkyl halides is 1. The molecule has 0 aliphatic carbocycles. The molecule has 0 saturated heterocycles. The highest BCUT2D eigenvalue weighted by Gasteiger charge is 2.23. The van der Waals surface area contributed by atoms with Gasteiger partial charge in [-0.1, -0.05) is 0 Å². The van der Waals surface area contributed by atoms with Crippen molar-refractivity contribution in [2.45, 2.75) is 6.17 Å². The van der Waals surface area contributed by atoms with Gasteiger partial charge >= 0.3 is 0 Å². The zero-order chi connectivity index (χ0) is 11.5. The molecule has 0 radical (unpaired) electrons. The second-order valence-corrected chi connectivity index (χ2v) is 3.10. The summed E-state index contributed by atoms with van der Waals surface area (Å²) in [6.45, 7) is 0. The first-order valence-corrected chi connectivity index (χ1v) is 4.47. The molecule has 16 heavy (non-hydrogen) atoms. The van der Waals surface area contributed by atoms with Crippen LogP contribution in [-0.2, 0) is 0 Å². The van der Waals surface area contributed by atoms with Gasteiger partial charge in [0.2, 0.25) is 12.0 Å². The average molecular weight is 223 g/mol. The number of hydrogen-bond acceptors (Lipinski definition) is 3. The molecule has 0 spiro atoms. The lowest BCUT2D eigenvalue weighted by Crippen LogP contribution is -2.10. The minimum atomic E-state index is -1.91. The Morgan fingerprint density at radius 1 is 1.31 bits per heavy atom. The van der Waals surface area contributed by atoms with E-state index in [2.05, 4.69) is 15.2 Å². The third-order valence-electron chi connectivity index (χ3n) is 2.03. The Hall–Kier alpha value is -2.11. The van der Waals surface area contributed by atoms with Gasteiger partial charge in [-0.25, -0.2) is 13.8 Å². The van der Waals surface area contributed by atoms with Crippen LogP contribution >= 0.6 is 0 Å². The number of aromatic amines is 1. The number of H-pyrrole nitrogens is 1. The van der Waals surface area contributed by atoms with E-state index in [4.69, 9.17) is 0 Å². The standard InChI is InChI=1S/C10H7F2N3O/c11-7-3-1-6(2-4-7)9(16)8(12)10-13-5-14-15-10/h1-5,8H,(H,13,14,15). The molecule has 1 aromatic heterocycles. The van der Waals surface area contributed by atoms with E-state index < -0.39 is 17.8 Å². The highest BCUT2D eigenvalue weighted by molar-refractivity contribution is 5.99. The van der Waals surface area contributed by atoms with Crippen molar-refractivity contribution in [1.82, 2.24) is 15.2 Å². The molecule has 82 valence electrons. The van der Waals surface area contributed by atoms with Gasteiger partial charge in [0.15, 0.2) is 5.82 Å². The maximum atomic E-state index is 13.6. The molecule has 1 aromatic carbocycles. The van der Waals surface area contributed by atoms with E-state index >= 15 is 0 Å². The van der Waals surface area contributed by atoms with Crippen molar-refractivity contribution < 1.29 is 13.6 Å². The first kappa shape index (κ1) is 10.4. The summed E-state index contributed by atoms with van der Waals surface area (Å²) < 4.78 is 26.2. The summed E-state index contributed by atoms with van der Waals surface area (Å²) in [4.78, 5) is 15.1. The molecule has 0 fully saturated rings. The number of nitrogens with one attached hydrogen (secondary N) is 1. The number of carbonyl (C=O) groups is 1. The number of halogens is 2. The maximum Gasteiger partial charge on any atom is 0.221 e. The molecule has 0 aliphatic rings. The third-order valence-corrected chi connectivity index (χ3v) is 2.03. The molecule has 4 nitrogen and oxygen atoms in total. The second kappa shape index (κ2) is 4.18. The smallest absolute Gasteiger partial charge is 0.221 e. The molecule has 1 unspecified atom stereocenters. The zero-order valence-corrected chi connectivity index (χ0v) is 8.02. The summed E-state index contributed by atoms with van der Waals surface area (Å²) in [6.07, 6.45) is -0.798.